The summed E-state index contributed by atoms with van der Waals surface area (Å²) in [6.07, 6.45) is 3.08. The van der Waals surface area contributed by atoms with Crippen molar-refractivity contribution in [2.45, 2.75) is 17.9 Å². The molecule has 0 saturated carbocycles. The maximum atomic E-state index is 13.0. The predicted molar refractivity (Wildman–Crippen MR) is 120 cm³/mol. The lowest BCUT2D eigenvalue weighted by Gasteiger charge is -2.31. The fourth-order valence-corrected chi connectivity index (χ4v) is 5.06. The first-order valence-electron chi connectivity index (χ1n) is 10.4. The molecule has 0 unspecified atom stereocenters. The molecule has 1 amide bonds. The number of likely N-dealkylation sites (N-methyl/N-ethyl adjacent to an activating group) is 1. The van der Waals surface area contributed by atoms with Gasteiger partial charge in [-0.1, -0.05) is 18.2 Å². The summed E-state index contributed by atoms with van der Waals surface area (Å²) in [6.45, 7) is 4.14. The van der Waals surface area contributed by atoms with Crippen molar-refractivity contribution in [2.75, 3.05) is 33.2 Å². The molecule has 1 aromatic heterocycles. The number of nitrogens with zero attached hydrogens (tertiary/aromatic N) is 5. The molecule has 9 nitrogen and oxygen atoms in total. The van der Waals surface area contributed by atoms with Gasteiger partial charge in [0, 0.05) is 31.7 Å². The van der Waals surface area contributed by atoms with E-state index in [9.17, 15) is 13.2 Å². The number of hydrogen-bond donors (Lipinski definition) is 1. The number of hydrogen-bond acceptors (Lipinski definition) is 6. The number of amides is 1. The highest BCUT2D eigenvalue weighted by atomic mass is 32.2. The Bertz CT molecular complexity index is 1170. The topological polar surface area (TPSA) is 100 Å². The third-order valence-corrected chi connectivity index (χ3v) is 7.51. The summed E-state index contributed by atoms with van der Waals surface area (Å²) < 4.78 is 29.1. The van der Waals surface area contributed by atoms with E-state index < -0.39 is 10.0 Å². The van der Waals surface area contributed by atoms with Crippen molar-refractivity contribution in [1.29, 1.82) is 0 Å². The molecule has 1 saturated heterocycles. The van der Waals surface area contributed by atoms with Crippen molar-refractivity contribution in [3.05, 3.63) is 72.3 Å². The molecule has 1 N–H and O–H groups in total. The molecule has 32 heavy (non-hydrogen) atoms. The van der Waals surface area contributed by atoms with Crippen LogP contribution in [0.2, 0.25) is 0 Å². The highest BCUT2D eigenvalue weighted by Crippen LogP contribution is 2.20. The molecule has 1 atom stereocenters. The summed E-state index contributed by atoms with van der Waals surface area (Å²) in [4.78, 5) is 19.0. The Morgan fingerprint density at radius 2 is 1.78 bits per heavy atom. The highest BCUT2D eigenvalue weighted by Gasteiger charge is 2.28. The van der Waals surface area contributed by atoms with Crippen LogP contribution >= 0.6 is 0 Å². The first-order valence-corrected chi connectivity index (χ1v) is 11.8. The molecule has 10 heteroatoms. The Morgan fingerprint density at radius 1 is 1.06 bits per heavy atom. The second kappa shape index (κ2) is 9.19. The maximum absolute atomic E-state index is 13.0. The first-order chi connectivity index (χ1) is 15.3. The van der Waals surface area contributed by atoms with Crippen LogP contribution in [-0.4, -0.2) is 71.5 Å². The Kier molecular flexibility index (Phi) is 6.35. The molecule has 1 aliphatic heterocycles. The highest BCUT2D eigenvalue weighted by molar-refractivity contribution is 7.89. The molecular weight excluding hydrogens is 428 g/mol. The Hall–Kier alpha value is -3.08. The lowest BCUT2D eigenvalue weighted by Crippen LogP contribution is -2.47. The van der Waals surface area contributed by atoms with Crippen LogP contribution in [0.15, 0.2) is 66.1 Å². The zero-order valence-corrected chi connectivity index (χ0v) is 18.9. The van der Waals surface area contributed by atoms with E-state index >= 15 is 0 Å². The number of benzene rings is 2. The zero-order valence-electron chi connectivity index (χ0n) is 18.0. The van der Waals surface area contributed by atoms with E-state index in [-0.39, 0.29) is 16.8 Å². The van der Waals surface area contributed by atoms with Crippen molar-refractivity contribution in [1.82, 2.24) is 29.3 Å². The van der Waals surface area contributed by atoms with Gasteiger partial charge >= 0.3 is 0 Å². The van der Waals surface area contributed by atoms with Crippen molar-refractivity contribution >= 4 is 15.9 Å². The fraction of sp³-hybridized carbons (Fsp3) is 0.318. The minimum atomic E-state index is -3.64. The normalized spacial score (nSPS) is 16.6. The van der Waals surface area contributed by atoms with Gasteiger partial charge in [0.2, 0.25) is 10.0 Å². The SMILES string of the molecule is C[C@@H](NC(=O)c1cccc(S(=O)(=O)N2CCN(C)CC2)c1)c1ccc(-n2cncn2)cc1. The monoisotopic (exact) mass is 454 g/mol. The standard InChI is InChI=1S/C22H26N6O3S/c1-17(18-6-8-20(9-7-18)28-16-23-15-24-28)25-22(29)19-4-3-5-21(14-19)32(30,31)27-12-10-26(2)11-13-27/h3-9,14-17H,10-13H2,1-2H3,(H,25,29)/t17-/m1/s1. The maximum Gasteiger partial charge on any atom is 0.251 e. The number of piperazine rings is 1. The first kappa shape index (κ1) is 22.1. The zero-order chi connectivity index (χ0) is 22.7. The van der Waals surface area contributed by atoms with Gasteiger partial charge in [-0.05, 0) is 49.9 Å². The molecule has 2 heterocycles. The van der Waals surface area contributed by atoms with Gasteiger partial charge in [-0.25, -0.2) is 18.1 Å². The lowest BCUT2D eigenvalue weighted by atomic mass is 10.1. The average molecular weight is 455 g/mol. The van der Waals surface area contributed by atoms with Gasteiger partial charge in [0.15, 0.2) is 0 Å². The van der Waals surface area contributed by atoms with E-state index in [1.165, 1.54) is 22.8 Å². The van der Waals surface area contributed by atoms with Crippen LogP contribution < -0.4 is 5.32 Å². The average Bonchev–Trinajstić information content (AvgIpc) is 3.34. The van der Waals surface area contributed by atoms with Crippen LogP contribution in [0.4, 0.5) is 0 Å². The van der Waals surface area contributed by atoms with Crippen molar-refractivity contribution < 1.29 is 13.2 Å². The second-order valence-corrected chi connectivity index (χ2v) is 9.80. The summed E-state index contributed by atoms with van der Waals surface area (Å²) in [6, 6.07) is 13.6. The summed E-state index contributed by atoms with van der Waals surface area (Å²) in [5, 5.41) is 7.04. The smallest absolute Gasteiger partial charge is 0.251 e. The van der Waals surface area contributed by atoms with Crippen LogP contribution in [0.3, 0.4) is 0 Å². The van der Waals surface area contributed by atoms with Gasteiger partial charge in [-0.3, -0.25) is 4.79 Å². The van der Waals surface area contributed by atoms with E-state index in [1.807, 2.05) is 38.2 Å². The predicted octanol–water partition coefficient (Wildman–Crippen LogP) is 1.69. The van der Waals surface area contributed by atoms with Crippen molar-refractivity contribution in [2.24, 2.45) is 0 Å². The van der Waals surface area contributed by atoms with Crippen molar-refractivity contribution in [3.63, 3.8) is 0 Å². The van der Waals surface area contributed by atoms with Gasteiger partial charge < -0.3 is 10.2 Å². The number of nitrogens with one attached hydrogen (secondary N) is 1. The molecule has 2 aromatic carbocycles. The molecule has 168 valence electrons. The van der Waals surface area contributed by atoms with E-state index in [0.29, 0.717) is 31.7 Å². The van der Waals surface area contributed by atoms with Crippen LogP contribution in [0, 0.1) is 0 Å². The molecule has 3 aromatic rings. The molecule has 1 aliphatic rings. The van der Waals surface area contributed by atoms with E-state index in [4.69, 9.17) is 0 Å². The van der Waals surface area contributed by atoms with Crippen LogP contribution in [-0.2, 0) is 10.0 Å². The molecular formula is C22H26N6O3S. The number of rotatable bonds is 6. The quantitative estimate of drug-likeness (QED) is 0.609. The summed E-state index contributed by atoms with van der Waals surface area (Å²) in [5.74, 6) is -0.326. The van der Waals surface area contributed by atoms with Gasteiger partial charge in [0.25, 0.3) is 5.91 Å². The number of sulfonamides is 1. The largest absolute Gasteiger partial charge is 0.346 e. The summed E-state index contributed by atoms with van der Waals surface area (Å²) in [7, 11) is -1.66. The van der Waals surface area contributed by atoms with Gasteiger partial charge in [0.05, 0.1) is 16.6 Å². The molecule has 0 aliphatic carbocycles. The fourth-order valence-electron chi connectivity index (χ4n) is 3.60. The summed E-state index contributed by atoms with van der Waals surface area (Å²) >= 11 is 0. The molecule has 4 rings (SSSR count). The van der Waals surface area contributed by atoms with E-state index in [2.05, 4.69) is 20.3 Å². The van der Waals surface area contributed by atoms with Gasteiger partial charge in [0.1, 0.15) is 12.7 Å². The van der Waals surface area contributed by atoms with Gasteiger partial charge in [-0.2, -0.15) is 9.40 Å². The van der Waals surface area contributed by atoms with Gasteiger partial charge in [-0.15, -0.1) is 0 Å². The summed E-state index contributed by atoms with van der Waals surface area (Å²) in [5.41, 5.74) is 2.10. The third-order valence-electron chi connectivity index (χ3n) is 5.62. The number of carbonyl (C=O) groups is 1. The molecule has 0 bridgehead atoms. The number of aromatic nitrogens is 3. The van der Waals surface area contributed by atoms with Crippen LogP contribution in [0.1, 0.15) is 28.9 Å². The second-order valence-electron chi connectivity index (χ2n) is 7.86. The molecule has 1 fully saturated rings. The Morgan fingerprint density at radius 3 is 2.44 bits per heavy atom. The third kappa shape index (κ3) is 4.72. The van der Waals surface area contributed by atoms with E-state index in [0.717, 1.165) is 11.3 Å². The minimum Gasteiger partial charge on any atom is -0.346 e. The lowest BCUT2D eigenvalue weighted by molar-refractivity contribution is 0.0939. The minimum absolute atomic E-state index is 0.138. The Labute approximate surface area is 187 Å². The van der Waals surface area contributed by atoms with E-state index in [1.54, 1.807) is 23.1 Å². The molecule has 0 spiro atoms. The Balaban J connectivity index is 1.45. The van der Waals surface area contributed by atoms with Crippen LogP contribution in [0.5, 0.6) is 0 Å². The van der Waals surface area contributed by atoms with Crippen LogP contribution in [0.25, 0.3) is 5.69 Å². The molecule has 0 radical (unpaired) electrons. The number of carbonyl (C=O) groups excluding carboxylic acids is 1. The van der Waals surface area contributed by atoms with Crippen molar-refractivity contribution in [3.8, 4) is 5.69 Å².